The van der Waals surface area contributed by atoms with Crippen LogP contribution >= 0.6 is 0 Å². The molecule has 0 bridgehead atoms. The molecular weight excluding hydrogens is 381 g/mol. The zero-order chi connectivity index (χ0) is 20.6. The molecule has 8 heteroatoms. The molecule has 154 valence electrons. The molecule has 0 saturated carbocycles. The Balaban J connectivity index is 1.39. The molecule has 1 saturated heterocycles. The van der Waals surface area contributed by atoms with E-state index in [1.807, 2.05) is 29.2 Å². The minimum atomic E-state index is -4.33. The third-order valence-corrected chi connectivity index (χ3v) is 5.60. The quantitative estimate of drug-likeness (QED) is 0.670. The molecule has 2 aromatic carbocycles. The number of aryl methyl sites for hydroxylation is 1. The Morgan fingerprint density at radius 2 is 1.59 bits per heavy atom. The number of hydrogen-bond donors (Lipinski definition) is 0. The van der Waals surface area contributed by atoms with E-state index in [0.29, 0.717) is 25.3 Å². The summed E-state index contributed by atoms with van der Waals surface area (Å²) < 4.78 is 42.3. The molecule has 0 amide bonds. The lowest BCUT2D eigenvalue weighted by Crippen LogP contribution is -2.47. The summed E-state index contributed by atoms with van der Waals surface area (Å²) in [5.74, 6) is 0. The van der Waals surface area contributed by atoms with Gasteiger partial charge < -0.3 is 4.90 Å². The molecule has 0 aliphatic carbocycles. The van der Waals surface area contributed by atoms with Crippen LogP contribution in [0.1, 0.15) is 5.56 Å². The number of anilines is 1. The van der Waals surface area contributed by atoms with Crippen molar-refractivity contribution in [3.05, 3.63) is 64.6 Å². The molecule has 0 spiro atoms. The van der Waals surface area contributed by atoms with Gasteiger partial charge in [0.05, 0.1) is 16.6 Å². The maximum absolute atomic E-state index is 12.9. The van der Waals surface area contributed by atoms with E-state index in [-0.39, 0.29) is 5.69 Å². The zero-order valence-corrected chi connectivity index (χ0v) is 16.2. The van der Waals surface area contributed by atoms with E-state index < -0.39 is 11.7 Å². The van der Waals surface area contributed by atoms with Gasteiger partial charge in [0, 0.05) is 52.0 Å². The predicted octanol–water partition coefficient (Wildman–Crippen LogP) is 3.18. The molecule has 29 heavy (non-hydrogen) atoms. The monoisotopic (exact) mass is 404 g/mol. The summed E-state index contributed by atoms with van der Waals surface area (Å²) in [6, 6.07) is 13.2. The summed E-state index contributed by atoms with van der Waals surface area (Å²) in [7, 11) is 1.77. The zero-order valence-electron chi connectivity index (χ0n) is 16.2. The van der Waals surface area contributed by atoms with E-state index in [1.54, 1.807) is 22.2 Å². The molecular formula is C21H23F3N4O. The molecule has 3 aromatic rings. The fourth-order valence-corrected chi connectivity index (χ4v) is 3.93. The number of piperazine rings is 1. The van der Waals surface area contributed by atoms with Crippen LogP contribution in [0.3, 0.4) is 0 Å². The van der Waals surface area contributed by atoms with Crippen molar-refractivity contribution >= 4 is 16.7 Å². The van der Waals surface area contributed by atoms with Gasteiger partial charge >= 0.3 is 11.9 Å². The summed E-state index contributed by atoms with van der Waals surface area (Å²) in [4.78, 5) is 16.7. The second kappa shape index (κ2) is 7.59. The Bertz CT molecular complexity index is 1060. The Morgan fingerprint density at radius 3 is 2.28 bits per heavy atom. The highest BCUT2D eigenvalue weighted by Crippen LogP contribution is 2.31. The highest BCUT2D eigenvalue weighted by Gasteiger charge is 2.31. The molecule has 0 unspecified atom stereocenters. The van der Waals surface area contributed by atoms with Crippen molar-refractivity contribution in [3.63, 3.8) is 0 Å². The number of halogens is 3. The van der Waals surface area contributed by atoms with Crippen molar-refractivity contribution in [2.45, 2.75) is 12.7 Å². The van der Waals surface area contributed by atoms with Gasteiger partial charge in [0.2, 0.25) is 0 Å². The molecule has 0 atom stereocenters. The van der Waals surface area contributed by atoms with Crippen molar-refractivity contribution in [2.24, 2.45) is 7.05 Å². The SMILES string of the molecule is Cn1c(=O)n(CCN2CCN(c3cccc(C(F)(F)F)c3)CC2)c2ccccc21. The summed E-state index contributed by atoms with van der Waals surface area (Å²) in [5.41, 5.74) is 1.78. The van der Waals surface area contributed by atoms with Crippen LogP contribution in [0.15, 0.2) is 53.3 Å². The van der Waals surface area contributed by atoms with Crippen LogP contribution < -0.4 is 10.6 Å². The normalized spacial score (nSPS) is 15.9. The lowest BCUT2D eigenvalue weighted by atomic mass is 10.1. The molecule has 1 aliphatic heterocycles. The molecule has 2 heterocycles. The van der Waals surface area contributed by atoms with E-state index in [4.69, 9.17) is 0 Å². The third-order valence-electron chi connectivity index (χ3n) is 5.60. The van der Waals surface area contributed by atoms with E-state index in [9.17, 15) is 18.0 Å². The summed E-state index contributed by atoms with van der Waals surface area (Å²) in [5, 5.41) is 0. The van der Waals surface area contributed by atoms with Gasteiger partial charge in [-0.05, 0) is 30.3 Å². The molecule has 1 fully saturated rings. The van der Waals surface area contributed by atoms with Crippen molar-refractivity contribution < 1.29 is 13.2 Å². The van der Waals surface area contributed by atoms with Crippen LogP contribution in [-0.4, -0.2) is 46.8 Å². The van der Waals surface area contributed by atoms with E-state index in [0.717, 1.165) is 36.7 Å². The van der Waals surface area contributed by atoms with Crippen LogP contribution in [0, 0.1) is 0 Å². The Hall–Kier alpha value is -2.74. The van der Waals surface area contributed by atoms with Crippen LogP contribution in [-0.2, 0) is 19.8 Å². The molecule has 0 N–H and O–H groups in total. The van der Waals surface area contributed by atoms with Gasteiger partial charge in [-0.2, -0.15) is 13.2 Å². The van der Waals surface area contributed by atoms with Gasteiger partial charge in [0.25, 0.3) is 0 Å². The van der Waals surface area contributed by atoms with E-state index in [1.165, 1.54) is 12.1 Å². The van der Waals surface area contributed by atoms with Crippen LogP contribution in [0.4, 0.5) is 18.9 Å². The number of para-hydroxylation sites is 2. The lowest BCUT2D eigenvalue weighted by Gasteiger charge is -2.36. The number of hydrogen-bond acceptors (Lipinski definition) is 3. The first kappa shape index (κ1) is 19.6. The minimum Gasteiger partial charge on any atom is -0.369 e. The average molecular weight is 404 g/mol. The fourth-order valence-electron chi connectivity index (χ4n) is 3.93. The van der Waals surface area contributed by atoms with Gasteiger partial charge in [-0.25, -0.2) is 4.79 Å². The summed E-state index contributed by atoms with van der Waals surface area (Å²) >= 11 is 0. The Labute approximate surface area is 166 Å². The van der Waals surface area contributed by atoms with E-state index >= 15 is 0 Å². The van der Waals surface area contributed by atoms with E-state index in [2.05, 4.69) is 4.90 Å². The highest BCUT2D eigenvalue weighted by molar-refractivity contribution is 5.75. The first-order chi connectivity index (χ1) is 13.8. The van der Waals surface area contributed by atoms with Gasteiger partial charge in [0.1, 0.15) is 0 Å². The number of nitrogens with zero attached hydrogens (tertiary/aromatic N) is 4. The topological polar surface area (TPSA) is 33.4 Å². The van der Waals surface area contributed by atoms with Gasteiger partial charge in [-0.3, -0.25) is 14.0 Å². The third kappa shape index (κ3) is 3.89. The minimum absolute atomic E-state index is 0.0335. The average Bonchev–Trinajstić information content (AvgIpc) is 2.97. The number of fused-ring (bicyclic) bond motifs is 1. The maximum Gasteiger partial charge on any atom is 0.416 e. The Morgan fingerprint density at radius 1 is 0.897 bits per heavy atom. The Kier molecular flexibility index (Phi) is 5.12. The fraction of sp³-hybridized carbons (Fsp3) is 0.381. The smallest absolute Gasteiger partial charge is 0.369 e. The summed E-state index contributed by atoms with van der Waals surface area (Å²) in [6.45, 7) is 4.12. The van der Waals surface area contributed by atoms with Gasteiger partial charge in [-0.15, -0.1) is 0 Å². The predicted molar refractivity (Wildman–Crippen MR) is 107 cm³/mol. The first-order valence-electron chi connectivity index (χ1n) is 9.63. The second-order valence-electron chi connectivity index (χ2n) is 7.36. The molecule has 4 rings (SSSR count). The van der Waals surface area contributed by atoms with Gasteiger partial charge in [0.15, 0.2) is 0 Å². The van der Waals surface area contributed by atoms with Crippen LogP contribution in [0.25, 0.3) is 11.0 Å². The second-order valence-corrected chi connectivity index (χ2v) is 7.36. The molecule has 0 radical (unpaired) electrons. The maximum atomic E-state index is 12.9. The number of imidazole rings is 1. The lowest BCUT2D eigenvalue weighted by molar-refractivity contribution is -0.137. The molecule has 5 nitrogen and oxygen atoms in total. The molecule has 1 aromatic heterocycles. The van der Waals surface area contributed by atoms with Gasteiger partial charge in [-0.1, -0.05) is 18.2 Å². The van der Waals surface area contributed by atoms with Crippen molar-refractivity contribution in [1.29, 1.82) is 0 Å². The summed E-state index contributed by atoms with van der Waals surface area (Å²) in [6.07, 6.45) is -4.33. The van der Waals surface area contributed by atoms with Crippen LogP contribution in [0.5, 0.6) is 0 Å². The van der Waals surface area contributed by atoms with Crippen molar-refractivity contribution in [2.75, 3.05) is 37.6 Å². The number of rotatable bonds is 4. The van der Waals surface area contributed by atoms with Crippen molar-refractivity contribution in [1.82, 2.24) is 14.0 Å². The number of alkyl halides is 3. The standard InChI is InChI=1S/C21H23F3N4O/c1-25-18-7-2-3-8-19(18)28(20(25)29)14-11-26-9-12-27(13-10-26)17-6-4-5-16(15-17)21(22,23)24/h2-8,15H,9-14H2,1H3. The number of aromatic nitrogens is 2. The number of benzene rings is 2. The highest BCUT2D eigenvalue weighted by atomic mass is 19.4. The first-order valence-corrected chi connectivity index (χ1v) is 9.63. The van der Waals surface area contributed by atoms with Crippen LogP contribution in [0.2, 0.25) is 0 Å². The van der Waals surface area contributed by atoms with Crippen molar-refractivity contribution in [3.8, 4) is 0 Å². The molecule has 1 aliphatic rings. The largest absolute Gasteiger partial charge is 0.416 e.